The van der Waals surface area contributed by atoms with E-state index in [2.05, 4.69) is 13.6 Å². The standard InChI is InChI=1S/3C4H9O3P.Cr/c3*1-2-3-4-7-8(5)6;/h3*2-4H2,1H3;/q;;;+3. The second kappa shape index (κ2) is 29.4. The van der Waals surface area contributed by atoms with E-state index < -0.39 is 24.8 Å². The Balaban J connectivity index is -0.000000130. The molecule has 0 aromatic heterocycles. The van der Waals surface area contributed by atoms with E-state index in [4.69, 9.17) is 0 Å². The molecule has 0 amide bonds. The maximum atomic E-state index is 9.69. The maximum absolute atomic E-state index is 9.69. The molecule has 0 saturated carbocycles. The van der Waals surface area contributed by atoms with Crippen LogP contribution in [0.4, 0.5) is 0 Å². The predicted octanol–water partition coefficient (Wildman–Crippen LogP) is 2.46. The molecular weight excluding hydrogens is 433 g/mol. The van der Waals surface area contributed by atoms with E-state index in [-0.39, 0.29) is 17.4 Å². The fourth-order valence-electron chi connectivity index (χ4n) is 0.850. The van der Waals surface area contributed by atoms with E-state index in [1.54, 1.807) is 0 Å². The van der Waals surface area contributed by atoms with Gasteiger partial charge in [-0.15, -0.1) is 13.6 Å². The summed E-state index contributed by atoms with van der Waals surface area (Å²) in [5.41, 5.74) is 0. The molecule has 0 aliphatic carbocycles. The summed E-state index contributed by atoms with van der Waals surface area (Å²) in [6.07, 6.45) is 5.31. The minimum Gasteiger partial charge on any atom is -0.566 e. The first-order valence-electron chi connectivity index (χ1n) is 7.63. The smallest absolute Gasteiger partial charge is 0.566 e. The van der Waals surface area contributed by atoms with Gasteiger partial charge in [0, 0.05) is 0 Å². The SMILES string of the molecule is CCCCO[P+](=O)[O-].CCCCO[P+](=O)[O-].CCCCO[P+](=O)[O-].[Cr+3]. The van der Waals surface area contributed by atoms with Crippen LogP contribution < -0.4 is 14.7 Å². The zero-order chi connectivity index (χ0) is 19.2. The molecule has 0 spiro atoms. The fraction of sp³-hybridized carbons (Fsp3) is 1.00. The van der Waals surface area contributed by atoms with Gasteiger partial charge in [-0.2, -0.15) is 0 Å². The Labute approximate surface area is 163 Å². The summed E-state index contributed by atoms with van der Waals surface area (Å²) in [5, 5.41) is 0. The van der Waals surface area contributed by atoms with Crippen molar-refractivity contribution in [3.8, 4) is 0 Å². The predicted molar refractivity (Wildman–Crippen MR) is 85.4 cm³/mol. The quantitative estimate of drug-likeness (QED) is 0.316. The van der Waals surface area contributed by atoms with Crippen LogP contribution in [0.3, 0.4) is 0 Å². The number of unbranched alkanes of at least 4 members (excludes halogenated alkanes) is 3. The second-order valence-electron chi connectivity index (χ2n) is 4.23. The molecule has 9 nitrogen and oxygen atoms in total. The van der Waals surface area contributed by atoms with Crippen molar-refractivity contribution in [1.29, 1.82) is 0 Å². The monoisotopic (exact) mass is 460 g/mol. The number of hydrogen-bond donors (Lipinski definition) is 0. The molecule has 3 atom stereocenters. The first kappa shape index (κ1) is 33.2. The van der Waals surface area contributed by atoms with Gasteiger partial charge < -0.3 is 14.7 Å². The van der Waals surface area contributed by atoms with Gasteiger partial charge in [0.1, 0.15) is 19.8 Å². The van der Waals surface area contributed by atoms with E-state index in [0.717, 1.165) is 38.5 Å². The van der Waals surface area contributed by atoms with Gasteiger partial charge >= 0.3 is 42.1 Å². The van der Waals surface area contributed by atoms with Gasteiger partial charge in [0.25, 0.3) is 0 Å². The van der Waals surface area contributed by atoms with Gasteiger partial charge in [0.15, 0.2) is 0 Å². The van der Waals surface area contributed by atoms with Crippen molar-refractivity contribution < 1.29 is 59.3 Å². The minimum absolute atomic E-state index is 0. The van der Waals surface area contributed by atoms with Gasteiger partial charge in [0.2, 0.25) is 0 Å². The van der Waals surface area contributed by atoms with Crippen LogP contribution in [0.2, 0.25) is 0 Å². The van der Waals surface area contributed by atoms with Crippen LogP contribution in [0.1, 0.15) is 59.3 Å². The van der Waals surface area contributed by atoms with Crippen molar-refractivity contribution >= 4 is 24.8 Å². The summed E-state index contributed by atoms with van der Waals surface area (Å²) in [4.78, 5) is 29.1. The third-order valence-electron chi connectivity index (χ3n) is 2.08. The van der Waals surface area contributed by atoms with Crippen molar-refractivity contribution in [2.24, 2.45) is 0 Å². The Morgan fingerprint density at radius 2 is 0.800 bits per heavy atom. The molecule has 0 saturated heterocycles. The van der Waals surface area contributed by atoms with Gasteiger partial charge in [-0.25, -0.2) is 0 Å². The molecular formula is C12H27CrO9P3+3. The third kappa shape index (κ3) is 51.6. The molecule has 0 aliphatic heterocycles. The summed E-state index contributed by atoms with van der Waals surface area (Å²) in [6.45, 7) is 6.91. The Bertz CT molecular complexity index is 275. The molecule has 3 unspecified atom stereocenters. The van der Waals surface area contributed by atoms with Gasteiger partial charge in [-0.1, -0.05) is 40.0 Å². The van der Waals surface area contributed by atoms with Crippen LogP contribution in [-0.4, -0.2) is 19.8 Å². The molecule has 0 N–H and O–H groups in total. The molecule has 0 fully saturated rings. The Morgan fingerprint density at radius 1 is 0.600 bits per heavy atom. The number of rotatable bonds is 12. The molecule has 0 aliphatic rings. The normalized spacial score (nSPS) is 11.0. The third-order valence-corrected chi connectivity index (χ3v) is 3.26. The first-order chi connectivity index (χ1) is 11.3. The zero-order valence-corrected chi connectivity index (χ0v) is 18.7. The van der Waals surface area contributed by atoms with Gasteiger partial charge in [-0.05, 0) is 33.0 Å². The molecule has 0 aromatic carbocycles. The molecule has 0 aromatic rings. The van der Waals surface area contributed by atoms with Crippen LogP contribution in [-0.2, 0) is 44.6 Å². The first-order valence-corrected chi connectivity index (χ1v) is 10.9. The summed E-state index contributed by atoms with van der Waals surface area (Å²) in [5.74, 6) is 0. The summed E-state index contributed by atoms with van der Waals surface area (Å²) in [7, 11) is -7.84. The Morgan fingerprint density at radius 3 is 0.920 bits per heavy atom. The molecule has 13 heteroatoms. The molecule has 25 heavy (non-hydrogen) atoms. The van der Waals surface area contributed by atoms with Crippen molar-refractivity contribution in [2.75, 3.05) is 19.8 Å². The van der Waals surface area contributed by atoms with E-state index in [1.165, 1.54) is 0 Å². The molecule has 0 bridgehead atoms. The molecule has 0 heterocycles. The van der Waals surface area contributed by atoms with Gasteiger partial charge in [0.05, 0.1) is 0 Å². The van der Waals surface area contributed by atoms with Gasteiger partial charge in [-0.3, -0.25) is 0 Å². The molecule has 1 radical (unpaired) electrons. The average Bonchev–Trinajstić information content (AvgIpc) is 2.48. The number of hydrogen-bond acceptors (Lipinski definition) is 9. The minimum atomic E-state index is -2.61. The van der Waals surface area contributed by atoms with Crippen LogP contribution in [0, 0.1) is 0 Å². The van der Waals surface area contributed by atoms with Crippen LogP contribution >= 0.6 is 24.8 Å². The van der Waals surface area contributed by atoms with Crippen molar-refractivity contribution in [3.05, 3.63) is 0 Å². The van der Waals surface area contributed by atoms with Crippen LogP contribution in [0.15, 0.2) is 0 Å². The summed E-state index contributed by atoms with van der Waals surface area (Å²) < 4.78 is 41.8. The van der Waals surface area contributed by atoms with E-state index in [0.29, 0.717) is 19.8 Å². The largest absolute Gasteiger partial charge is 3.00 e. The Hall–Kier alpha value is 0.592. The molecule has 0 rings (SSSR count). The average molecular weight is 460 g/mol. The summed E-state index contributed by atoms with van der Waals surface area (Å²) in [6, 6.07) is 0. The summed E-state index contributed by atoms with van der Waals surface area (Å²) >= 11 is 0. The van der Waals surface area contributed by atoms with Crippen LogP contribution in [0.5, 0.6) is 0 Å². The van der Waals surface area contributed by atoms with Crippen molar-refractivity contribution in [2.45, 2.75) is 59.3 Å². The maximum Gasteiger partial charge on any atom is 3.00 e. The van der Waals surface area contributed by atoms with Crippen LogP contribution in [0.25, 0.3) is 0 Å². The zero-order valence-electron chi connectivity index (χ0n) is 14.8. The van der Waals surface area contributed by atoms with Crippen molar-refractivity contribution in [3.63, 3.8) is 0 Å². The van der Waals surface area contributed by atoms with E-state index in [1.807, 2.05) is 20.8 Å². The molecule has 147 valence electrons. The van der Waals surface area contributed by atoms with E-state index in [9.17, 15) is 28.4 Å². The van der Waals surface area contributed by atoms with E-state index >= 15 is 0 Å². The fourth-order valence-corrected chi connectivity index (χ4v) is 1.68. The Kier molecular flexibility index (Phi) is 39.0. The second-order valence-corrected chi connectivity index (χ2v) is 6.35. The topological polar surface area (TPSA) is 148 Å². The van der Waals surface area contributed by atoms with Crippen molar-refractivity contribution in [1.82, 2.24) is 0 Å².